The maximum absolute atomic E-state index is 12.5. The summed E-state index contributed by atoms with van der Waals surface area (Å²) in [5.41, 5.74) is 1.21. The van der Waals surface area contributed by atoms with Crippen LogP contribution in [0.5, 0.6) is 0 Å². The summed E-state index contributed by atoms with van der Waals surface area (Å²) >= 11 is 24.5. The number of nitrogens with zero attached hydrogens (tertiary/aromatic N) is 2. The van der Waals surface area contributed by atoms with Crippen LogP contribution in [-0.2, 0) is 9.59 Å². The van der Waals surface area contributed by atoms with Gasteiger partial charge in [0.1, 0.15) is 0 Å². The van der Waals surface area contributed by atoms with Crippen LogP contribution in [0.1, 0.15) is 11.1 Å². The fourth-order valence-electron chi connectivity index (χ4n) is 3.01. The predicted octanol–water partition coefficient (Wildman–Crippen LogP) is 5.70. The fraction of sp³-hybridized carbons (Fsp3) is 0.182. The number of hydrogen-bond acceptors (Lipinski definition) is 2. The average Bonchev–Trinajstić information content (AvgIpc) is 2.73. The monoisotopic (exact) mass is 482 g/mol. The van der Waals surface area contributed by atoms with E-state index in [9.17, 15) is 9.59 Å². The van der Waals surface area contributed by atoms with Crippen LogP contribution in [-0.4, -0.2) is 47.8 Å². The lowest BCUT2D eigenvalue weighted by Gasteiger charge is -2.33. The van der Waals surface area contributed by atoms with Crippen LogP contribution in [0.2, 0.25) is 20.1 Å². The molecule has 1 saturated heterocycles. The van der Waals surface area contributed by atoms with Crippen LogP contribution < -0.4 is 0 Å². The summed E-state index contributed by atoms with van der Waals surface area (Å²) in [6.45, 7) is 1.75. The number of rotatable bonds is 4. The zero-order chi connectivity index (χ0) is 21.7. The molecule has 2 amide bonds. The van der Waals surface area contributed by atoms with E-state index in [1.807, 2.05) is 0 Å². The molecular weight excluding hydrogens is 466 g/mol. The van der Waals surface area contributed by atoms with Gasteiger partial charge in [-0.15, -0.1) is 0 Å². The summed E-state index contributed by atoms with van der Waals surface area (Å²) in [5.74, 6) is -0.312. The van der Waals surface area contributed by atoms with Crippen molar-refractivity contribution in [3.63, 3.8) is 0 Å². The molecule has 0 saturated carbocycles. The molecule has 8 heteroatoms. The first-order chi connectivity index (χ1) is 14.4. The molecule has 0 N–H and O–H groups in total. The third-order valence-corrected chi connectivity index (χ3v) is 6.01. The summed E-state index contributed by atoms with van der Waals surface area (Å²) in [6.07, 6.45) is 6.12. The highest BCUT2D eigenvalue weighted by atomic mass is 35.5. The molecule has 2 aromatic carbocycles. The number of carbonyl (C=O) groups is 2. The molecule has 4 nitrogen and oxygen atoms in total. The normalized spacial score (nSPS) is 14.7. The molecule has 30 heavy (non-hydrogen) atoms. The number of carbonyl (C=O) groups excluding carboxylic acids is 2. The Morgan fingerprint density at radius 2 is 0.933 bits per heavy atom. The van der Waals surface area contributed by atoms with Gasteiger partial charge in [0.2, 0.25) is 11.8 Å². The fourth-order valence-corrected chi connectivity index (χ4v) is 4.05. The van der Waals surface area contributed by atoms with Crippen molar-refractivity contribution in [3.8, 4) is 0 Å². The van der Waals surface area contributed by atoms with Crippen LogP contribution in [0.15, 0.2) is 48.6 Å². The van der Waals surface area contributed by atoms with Gasteiger partial charge in [0.05, 0.1) is 0 Å². The van der Waals surface area contributed by atoms with E-state index < -0.39 is 0 Å². The van der Waals surface area contributed by atoms with Crippen LogP contribution in [0, 0.1) is 0 Å². The van der Waals surface area contributed by atoms with Crippen LogP contribution in [0.4, 0.5) is 0 Å². The van der Waals surface area contributed by atoms with Gasteiger partial charge < -0.3 is 9.80 Å². The van der Waals surface area contributed by atoms with Crippen molar-refractivity contribution in [1.29, 1.82) is 0 Å². The standard InChI is InChI=1S/C22H18Cl4N2O2/c23-17-3-1-4-18(24)15(17)7-9-21(29)27-11-13-28(14-12-27)22(30)10-8-16-19(25)5-2-6-20(16)26/h1-10H,11-14H2. The van der Waals surface area contributed by atoms with Crippen molar-refractivity contribution in [2.45, 2.75) is 0 Å². The van der Waals surface area contributed by atoms with Gasteiger partial charge in [-0.25, -0.2) is 0 Å². The molecule has 0 atom stereocenters. The molecule has 1 aliphatic heterocycles. The summed E-state index contributed by atoms with van der Waals surface area (Å²) < 4.78 is 0. The Morgan fingerprint density at radius 1 is 0.633 bits per heavy atom. The molecule has 156 valence electrons. The zero-order valence-corrected chi connectivity index (χ0v) is 18.8. The lowest BCUT2D eigenvalue weighted by atomic mass is 10.2. The van der Waals surface area contributed by atoms with E-state index in [1.54, 1.807) is 58.4 Å². The highest BCUT2D eigenvalue weighted by Gasteiger charge is 2.22. The molecule has 1 fully saturated rings. The quantitative estimate of drug-likeness (QED) is 0.523. The van der Waals surface area contributed by atoms with E-state index in [0.29, 0.717) is 57.4 Å². The van der Waals surface area contributed by atoms with Crippen molar-refractivity contribution in [3.05, 3.63) is 79.8 Å². The third kappa shape index (κ3) is 5.58. The Hall–Kier alpha value is -1.98. The molecule has 0 unspecified atom stereocenters. The minimum Gasteiger partial charge on any atom is -0.336 e. The highest BCUT2D eigenvalue weighted by Crippen LogP contribution is 2.26. The van der Waals surface area contributed by atoms with Gasteiger partial charge in [-0.2, -0.15) is 0 Å². The second kappa shape index (κ2) is 10.4. The number of amides is 2. The SMILES string of the molecule is O=C(C=Cc1c(Cl)cccc1Cl)N1CCN(C(=O)C=Cc2c(Cl)cccc2Cl)CC1. The van der Waals surface area contributed by atoms with Crippen molar-refractivity contribution in [1.82, 2.24) is 9.80 Å². The van der Waals surface area contributed by atoms with E-state index in [4.69, 9.17) is 46.4 Å². The number of halogens is 4. The number of piperazine rings is 1. The van der Waals surface area contributed by atoms with Gasteiger partial charge in [-0.3, -0.25) is 9.59 Å². The smallest absolute Gasteiger partial charge is 0.246 e. The third-order valence-electron chi connectivity index (χ3n) is 4.69. The molecular formula is C22H18Cl4N2O2. The molecule has 1 heterocycles. The zero-order valence-electron chi connectivity index (χ0n) is 15.8. The van der Waals surface area contributed by atoms with E-state index in [1.165, 1.54) is 12.2 Å². The van der Waals surface area contributed by atoms with Crippen LogP contribution in [0.3, 0.4) is 0 Å². The first-order valence-electron chi connectivity index (χ1n) is 9.19. The van der Waals surface area contributed by atoms with E-state index in [-0.39, 0.29) is 11.8 Å². The summed E-state index contributed by atoms with van der Waals surface area (Å²) in [4.78, 5) is 28.3. The lowest BCUT2D eigenvalue weighted by Crippen LogP contribution is -2.49. The minimum absolute atomic E-state index is 0.156. The Morgan fingerprint density at radius 3 is 1.23 bits per heavy atom. The van der Waals surface area contributed by atoms with Gasteiger partial charge in [-0.1, -0.05) is 58.5 Å². The van der Waals surface area contributed by atoms with E-state index >= 15 is 0 Å². The molecule has 0 bridgehead atoms. The Bertz CT molecular complexity index is 890. The molecule has 2 aromatic rings. The first kappa shape index (κ1) is 22.7. The Balaban J connectivity index is 1.56. The van der Waals surface area contributed by atoms with Gasteiger partial charge in [-0.05, 0) is 36.4 Å². The second-order valence-corrected chi connectivity index (χ2v) is 8.22. The number of hydrogen-bond donors (Lipinski definition) is 0. The largest absolute Gasteiger partial charge is 0.336 e. The minimum atomic E-state index is -0.156. The highest BCUT2D eigenvalue weighted by molar-refractivity contribution is 6.37. The molecule has 0 radical (unpaired) electrons. The summed E-state index contributed by atoms with van der Waals surface area (Å²) in [6, 6.07) is 10.3. The van der Waals surface area contributed by atoms with Gasteiger partial charge in [0.25, 0.3) is 0 Å². The second-order valence-electron chi connectivity index (χ2n) is 6.59. The summed E-state index contributed by atoms with van der Waals surface area (Å²) in [7, 11) is 0. The first-order valence-corrected chi connectivity index (χ1v) is 10.7. The van der Waals surface area contributed by atoms with Gasteiger partial charge in [0.15, 0.2) is 0 Å². The van der Waals surface area contributed by atoms with Gasteiger partial charge in [0, 0.05) is 69.5 Å². The molecule has 0 spiro atoms. The van der Waals surface area contributed by atoms with E-state index in [0.717, 1.165) is 0 Å². The molecule has 3 rings (SSSR count). The maximum atomic E-state index is 12.5. The van der Waals surface area contributed by atoms with E-state index in [2.05, 4.69) is 0 Å². The van der Waals surface area contributed by atoms with Gasteiger partial charge >= 0.3 is 0 Å². The lowest BCUT2D eigenvalue weighted by molar-refractivity contribution is -0.133. The van der Waals surface area contributed by atoms with Crippen molar-refractivity contribution >= 4 is 70.4 Å². The average molecular weight is 484 g/mol. The summed E-state index contributed by atoms with van der Waals surface area (Å²) in [5, 5.41) is 1.92. The van der Waals surface area contributed by atoms with Crippen molar-refractivity contribution in [2.24, 2.45) is 0 Å². The Labute approximate surface area is 195 Å². The molecule has 1 aliphatic rings. The van der Waals surface area contributed by atoms with Crippen LogP contribution in [0.25, 0.3) is 12.2 Å². The Kier molecular flexibility index (Phi) is 7.84. The van der Waals surface area contributed by atoms with Crippen LogP contribution >= 0.6 is 46.4 Å². The molecule has 0 aliphatic carbocycles. The maximum Gasteiger partial charge on any atom is 0.246 e. The van der Waals surface area contributed by atoms with Crippen molar-refractivity contribution < 1.29 is 9.59 Å². The topological polar surface area (TPSA) is 40.6 Å². The number of benzene rings is 2. The van der Waals surface area contributed by atoms with Crippen molar-refractivity contribution in [2.75, 3.05) is 26.2 Å². The predicted molar refractivity (Wildman–Crippen MR) is 124 cm³/mol. The molecule has 0 aromatic heterocycles.